The van der Waals surface area contributed by atoms with Gasteiger partial charge in [-0.25, -0.2) is 9.07 Å². The number of hydrogen-bond acceptors (Lipinski definition) is 6. The van der Waals surface area contributed by atoms with E-state index in [2.05, 4.69) is 15.6 Å². The van der Waals surface area contributed by atoms with Crippen molar-refractivity contribution in [2.45, 2.75) is 11.3 Å². The maximum Gasteiger partial charge on any atom is 0.453 e. The molecule has 0 aliphatic carbocycles. The molecule has 2 amide bonds. The summed E-state index contributed by atoms with van der Waals surface area (Å²) in [7, 11) is 0. The van der Waals surface area contributed by atoms with Gasteiger partial charge in [0.05, 0.1) is 5.75 Å². The highest BCUT2D eigenvalue weighted by Gasteiger charge is 2.38. The fourth-order valence-corrected chi connectivity index (χ4v) is 2.19. The first-order valence-corrected chi connectivity index (χ1v) is 7.42. The molecule has 2 aromatic rings. The van der Waals surface area contributed by atoms with E-state index >= 15 is 0 Å². The fraction of sp³-hybridized carbons (Fsp3) is 0.167. The molecular weight excluding hydrogens is 368 g/mol. The van der Waals surface area contributed by atoms with Crippen LogP contribution in [0.3, 0.4) is 0 Å². The van der Waals surface area contributed by atoms with Gasteiger partial charge >= 0.3 is 6.18 Å². The van der Waals surface area contributed by atoms with Gasteiger partial charge in [0.25, 0.3) is 11.7 Å². The highest BCUT2D eigenvalue weighted by atomic mass is 32.2. The first-order valence-electron chi connectivity index (χ1n) is 6.43. The van der Waals surface area contributed by atoms with Gasteiger partial charge < -0.3 is 5.84 Å². The summed E-state index contributed by atoms with van der Waals surface area (Å²) in [5.41, 5.74) is 4.22. The molecule has 1 aromatic carbocycles. The molecule has 0 aliphatic heterocycles. The molecule has 134 valence electrons. The highest BCUT2D eigenvalue weighted by Crippen LogP contribution is 2.28. The summed E-state index contributed by atoms with van der Waals surface area (Å²) in [5.74, 6) is 1.48. The number of nitrogens with two attached hydrogens (primary N) is 1. The Bertz CT molecular complexity index is 777. The number of carbonyl (C=O) groups is 2. The maximum atomic E-state index is 12.7. The summed E-state index contributed by atoms with van der Waals surface area (Å²) in [6, 6.07) is 4.56. The van der Waals surface area contributed by atoms with Crippen LogP contribution in [0.5, 0.6) is 0 Å². The van der Waals surface area contributed by atoms with Crippen molar-refractivity contribution in [3.63, 3.8) is 0 Å². The zero-order valence-corrected chi connectivity index (χ0v) is 13.0. The lowest BCUT2D eigenvalue weighted by Gasteiger charge is -2.08. The van der Waals surface area contributed by atoms with Gasteiger partial charge in [-0.05, 0) is 24.3 Å². The van der Waals surface area contributed by atoms with Gasteiger partial charge in [-0.1, -0.05) is 11.8 Å². The topological polar surface area (TPSA) is 115 Å². The third-order valence-corrected chi connectivity index (χ3v) is 3.62. The van der Waals surface area contributed by atoms with E-state index in [-0.39, 0.29) is 21.1 Å². The maximum absolute atomic E-state index is 12.7. The van der Waals surface area contributed by atoms with Crippen molar-refractivity contribution in [1.82, 2.24) is 25.7 Å². The highest BCUT2D eigenvalue weighted by molar-refractivity contribution is 7.99. The van der Waals surface area contributed by atoms with Gasteiger partial charge in [0, 0.05) is 5.56 Å². The Balaban J connectivity index is 1.84. The number of nitrogens with zero attached hydrogens (tertiary/aromatic N) is 3. The molecule has 0 fully saturated rings. The quantitative estimate of drug-likeness (QED) is 0.312. The van der Waals surface area contributed by atoms with Crippen LogP contribution in [0, 0.1) is 5.82 Å². The summed E-state index contributed by atoms with van der Waals surface area (Å²) < 4.78 is 50.4. The average molecular weight is 378 g/mol. The number of benzene rings is 1. The molecule has 0 aliphatic rings. The third-order valence-electron chi connectivity index (χ3n) is 2.67. The second kappa shape index (κ2) is 7.38. The third kappa shape index (κ3) is 4.82. The largest absolute Gasteiger partial charge is 0.453 e. The zero-order valence-electron chi connectivity index (χ0n) is 12.2. The second-order valence-corrected chi connectivity index (χ2v) is 5.41. The van der Waals surface area contributed by atoms with Gasteiger partial charge in [0.2, 0.25) is 11.1 Å². The molecule has 1 aromatic heterocycles. The van der Waals surface area contributed by atoms with Gasteiger partial charge in [-0.15, -0.1) is 10.2 Å². The van der Waals surface area contributed by atoms with Crippen molar-refractivity contribution in [3.05, 3.63) is 41.5 Å². The molecule has 1 heterocycles. The molecule has 0 saturated carbocycles. The van der Waals surface area contributed by atoms with Gasteiger partial charge in [0.1, 0.15) is 5.82 Å². The molecule has 4 N–H and O–H groups in total. The summed E-state index contributed by atoms with van der Waals surface area (Å²) >= 11 is 0.593. The number of alkyl halides is 3. The minimum absolute atomic E-state index is 0.103. The molecule has 0 atom stereocenters. The number of thioether (sulfide) groups is 1. The predicted octanol–water partition coefficient (Wildman–Crippen LogP) is 0.703. The number of hydrogen-bond donors (Lipinski definition) is 3. The van der Waals surface area contributed by atoms with Gasteiger partial charge in [0.15, 0.2) is 0 Å². The van der Waals surface area contributed by atoms with Crippen LogP contribution in [-0.2, 0) is 11.0 Å². The first kappa shape index (κ1) is 18.5. The molecule has 0 bridgehead atoms. The van der Waals surface area contributed by atoms with E-state index in [0.717, 1.165) is 12.1 Å². The second-order valence-electron chi connectivity index (χ2n) is 4.47. The van der Waals surface area contributed by atoms with Gasteiger partial charge in [-0.2, -0.15) is 13.2 Å². The molecule has 0 radical (unpaired) electrons. The Hall–Kier alpha value is -2.83. The van der Waals surface area contributed by atoms with Crippen molar-refractivity contribution >= 4 is 23.6 Å². The molecule has 25 heavy (non-hydrogen) atoms. The van der Waals surface area contributed by atoms with E-state index in [0.29, 0.717) is 11.8 Å². The van der Waals surface area contributed by atoms with E-state index in [9.17, 15) is 27.2 Å². The van der Waals surface area contributed by atoms with Crippen LogP contribution in [0.25, 0.3) is 0 Å². The minimum atomic E-state index is -4.77. The molecular formula is C12H10F4N6O2S. The van der Waals surface area contributed by atoms with Crippen LogP contribution in [-0.4, -0.2) is 32.4 Å². The number of halogens is 4. The van der Waals surface area contributed by atoms with Crippen LogP contribution in [0.4, 0.5) is 17.6 Å². The van der Waals surface area contributed by atoms with Crippen molar-refractivity contribution in [1.29, 1.82) is 0 Å². The summed E-state index contributed by atoms with van der Waals surface area (Å²) in [6.07, 6.45) is -4.77. The lowest BCUT2D eigenvalue weighted by atomic mass is 10.2. The van der Waals surface area contributed by atoms with Gasteiger partial charge in [-0.3, -0.25) is 20.4 Å². The van der Waals surface area contributed by atoms with Crippen molar-refractivity contribution in [2.24, 2.45) is 0 Å². The number of carbonyl (C=O) groups excluding carboxylic acids is 2. The lowest BCUT2D eigenvalue weighted by molar-refractivity contribution is -0.146. The van der Waals surface area contributed by atoms with E-state index in [1.54, 1.807) is 0 Å². The molecule has 2 rings (SSSR count). The van der Waals surface area contributed by atoms with Crippen molar-refractivity contribution < 1.29 is 27.2 Å². The smallest absolute Gasteiger partial charge is 0.335 e. The predicted molar refractivity (Wildman–Crippen MR) is 77.9 cm³/mol. The fourth-order valence-electron chi connectivity index (χ4n) is 1.53. The molecule has 0 saturated heterocycles. The van der Waals surface area contributed by atoms with Crippen LogP contribution >= 0.6 is 11.8 Å². The minimum Gasteiger partial charge on any atom is -0.335 e. The number of nitrogen functional groups attached to an aromatic ring is 1. The Labute approximate surface area is 141 Å². The van der Waals surface area contributed by atoms with E-state index < -0.39 is 29.6 Å². The standard InChI is InChI=1S/C12H10F4N6O2S/c13-7-3-1-6(2-4-7)9(24)19-18-8(23)5-25-11-21-20-10(22(11)17)12(14,15)16/h1-4H,5,17H2,(H,18,23)(H,19,24). The summed E-state index contributed by atoms with van der Waals surface area (Å²) in [4.78, 5) is 23.3. The number of aromatic nitrogens is 3. The number of rotatable bonds is 4. The van der Waals surface area contributed by atoms with E-state index in [4.69, 9.17) is 5.84 Å². The summed E-state index contributed by atoms with van der Waals surface area (Å²) in [5, 5.41) is 5.80. The van der Waals surface area contributed by atoms with Crippen LogP contribution < -0.4 is 16.7 Å². The Morgan fingerprint density at radius 2 is 1.80 bits per heavy atom. The molecule has 0 spiro atoms. The number of nitrogens with one attached hydrogen (secondary N) is 2. The van der Waals surface area contributed by atoms with Crippen LogP contribution in [0.1, 0.15) is 16.2 Å². The normalized spacial score (nSPS) is 11.2. The van der Waals surface area contributed by atoms with E-state index in [1.165, 1.54) is 12.1 Å². The SMILES string of the molecule is Nn1c(SCC(=O)NNC(=O)c2ccc(F)cc2)nnc1C(F)(F)F. The zero-order chi connectivity index (χ0) is 18.6. The van der Waals surface area contributed by atoms with Crippen LogP contribution in [0.15, 0.2) is 29.4 Å². The number of amides is 2. The Kier molecular flexibility index (Phi) is 5.46. The monoisotopic (exact) mass is 378 g/mol. The Morgan fingerprint density at radius 1 is 1.16 bits per heavy atom. The van der Waals surface area contributed by atoms with Crippen molar-refractivity contribution in [3.8, 4) is 0 Å². The average Bonchev–Trinajstić information content (AvgIpc) is 2.92. The van der Waals surface area contributed by atoms with Crippen LogP contribution in [0.2, 0.25) is 0 Å². The first-order chi connectivity index (χ1) is 11.7. The molecule has 0 unspecified atom stereocenters. The van der Waals surface area contributed by atoms with E-state index in [1.807, 2.05) is 5.43 Å². The van der Waals surface area contributed by atoms with Crippen molar-refractivity contribution in [2.75, 3.05) is 11.6 Å². The Morgan fingerprint density at radius 3 is 2.36 bits per heavy atom. The molecule has 13 heteroatoms. The number of hydrazine groups is 1. The molecule has 8 nitrogen and oxygen atoms in total. The lowest BCUT2D eigenvalue weighted by Crippen LogP contribution is -2.42. The summed E-state index contributed by atoms with van der Waals surface area (Å²) in [6.45, 7) is 0.